The van der Waals surface area contributed by atoms with Gasteiger partial charge in [0.25, 0.3) is 0 Å². The molecule has 3 nitrogen and oxygen atoms in total. The van der Waals surface area contributed by atoms with Crippen molar-refractivity contribution >= 4 is 5.82 Å². The summed E-state index contributed by atoms with van der Waals surface area (Å²) in [5.74, 6) is 2.71. The number of aromatic nitrogens is 1. The average Bonchev–Trinajstić information content (AvgIpc) is 2.43. The van der Waals surface area contributed by atoms with Crippen molar-refractivity contribution in [1.82, 2.24) is 10.3 Å². The van der Waals surface area contributed by atoms with E-state index < -0.39 is 0 Å². The van der Waals surface area contributed by atoms with Gasteiger partial charge in [0.2, 0.25) is 0 Å². The molecule has 0 aromatic carbocycles. The predicted octanol–water partition coefficient (Wildman–Crippen LogP) is 3.24. The molecular weight excluding hydrogens is 246 g/mol. The van der Waals surface area contributed by atoms with Crippen molar-refractivity contribution < 1.29 is 0 Å². The molecule has 2 atom stereocenters. The first-order valence-electron chi connectivity index (χ1n) is 8.07. The molecule has 3 heteroatoms. The van der Waals surface area contributed by atoms with Crippen LogP contribution in [0, 0.1) is 11.8 Å². The number of rotatable bonds is 5. The maximum atomic E-state index is 4.85. The van der Waals surface area contributed by atoms with Gasteiger partial charge in [-0.2, -0.15) is 0 Å². The Bertz CT molecular complexity index is 420. The number of pyridine rings is 1. The highest BCUT2D eigenvalue weighted by Crippen LogP contribution is 2.26. The summed E-state index contributed by atoms with van der Waals surface area (Å²) in [4.78, 5) is 7.33. The lowest BCUT2D eigenvalue weighted by Crippen LogP contribution is -2.39. The van der Waals surface area contributed by atoms with E-state index >= 15 is 0 Å². The van der Waals surface area contributed by atoms with Gasteiger partial charge in [-0.05, 0) is 48.9 Å². The Hall–Kier alpha value is -1.09. The van der Waals surface area contributed by atoms with Crippen LogP contribution in [-0.2, 0) is 13.0 Å². The number of piperidine rings is 1. The lowest BCUT2D eigenvalue weighted by molar-refractivity contribution is 0.355. The van der Waals surface area contributed by atoms with Gasteiger partial charge in [0.1, 0.15) is 5.82 Å². The lowest BCUT2D eigenvalue weighted by Gasteiger charge is -2.36. The lowest BCUT2D eigenvalue weighted by atomic mass is 9.92. The molecule has 1 saturated heterocycles. The molecule has 0 spiro atoms. The molecule has 0 bridgehead atoms. The van der Waals surface area contributed by atoms with Crippen molar-refractivity contribution in [2.75, 3.05) is 24.5 Å². The first-order chi connectivity index (χ1) is 9.62. The molecule has 1 fully saturated rings. The summed E-state index contributed by atoms with van der Waals surface area (Å²) < 4.78 is 0. The van der Waals surface area contributed by atoms with Gasteiger partial charge in [-0.25, -0.2) is 4.98 Å². The number of hydrogen-bond acceptors (Lipinski definition) is 3. The average molecular weight is 275 g/mol. The third-order valence-electron chi connectivity index (χ3n) is 4.06. The minimum Gasteiger partial charge on any atom is -0.356 e. The molecule has 2 unspecified atom stereocenters. The molecule has 112 valence electrons. The zero-order valence-corrected chi connectivity index (χ0v) is 13.4. The zero-order valence-electron chi connectivity index (χ0n) is 13.4. The second-order valence-electron chi connectivity index (χ2n) is 6.31. The van der Waals surface area contributed by atoms with E-state index in [1.807, 2.05) is 0 Å². The molecule has 0 amide bonds. The van der Waals surface area contributed by atoms with Gasteiger partial charge in [0, 0.05) is 25.3 Å². The van der Waals surface area contributed by atoms with Crippen LogP contribution < -0.4 is 10.2 Å². The SMILES string of the molecule is CCNCc1cc(CC)nc(N2CC(C)CC(C)C2)c1. The largest absolute Gasteiger partial charge is 0.356 e. The fraction of sp³-hybridized carbons (Fsp3) is 0.706. The summed E-state index contributed by atoms with van der Waals surface area (Å²) in [6.45, 7) is 13.3. The van der Waals surface area contributed by atoms with Crippen LogP contribution in [-0.4, -0.2) is 24.6 Å². The minimum absolute atomic E-state index is 0.767. The molecule has 1 aromatic rings. The Kier molecular flexibility index (Phi) is 5.41. The summed E-state index contributed by atoms with van der Waals surface area (Å²) in [5.41, 5.74) is 2.57. The van der Waals surface area contributed by atoms with E-state index in [0.29, 0.717) is 0 Å². The summed E-state index contributed by atoms with van der Waals surface area (Å²) in [5, 5.41) is 3.42. The molecule has 0 saturated carbocycles. The van der Waals surface area contributed by atoms with Gasteiger partial charge in [0.15, 0.2) is 0 Å². The molecule has 2 heterocycles. The van der Waals surface area contributed by atoms with E-state index in [1.165, 1.54) is 23.5 Å². The Morgan fingerprint density at radius 3 is 2.50 bits per heavy atom. The summed E-state index contributed by atoms with van der Waals surface area (Å²) >= 11 is 0. The molecular formula is C17H29N3. The topological polar surface area (TPSA) is 28.2 Å². The third-order valence-corrected chi connectivity index (χ3v) is 4.06. The van der Waals surface area contributed by atoms with Crippen molar-refractivity contribution in [3.8, 4) is 0 Å². The Morgan fingerprint density at radius 2 is 1.90 bits per heavy atom. The predicted molar refractivity (Wildman–Crippen MR) is 86.2 cm³/mol. The van der Waals surface area contributed by atoms with E-state index in [-0.39, 0.29) is 0 Å². The first kappa shape index (κ1) is 15.3. The number of aryl methyl sites for hydroxylation is 1. The van der Waals surface area contributed by atoms with E-state index in [0.717, 1.165) is 44.4 Å². The van der Waals surface area contributed by atoms with Crippen molar-refractivity contribution in [2.24, 2.45) is 11.8 Å². The van der Waals surface area contributed by atoms with E-state index in [9.17, 15) is 0 Å². The maximum absolute atomic E-state index is 4.85. The second-order valence-corrected chi connectivity index (χ2v) is 6.31. The fourth-order valence-electron chi connectivity index (χ4n) is 3.20. The number of anilines is 1. The van der Waals surface area contributed by atoms with Crippen LogP contribution in [0.1, 0.15) is 45.4 Å². The van der Waals surface area contributed by atoms with Crippen LogP contribution in [0.3, 0.4) is 0 Å². The maximum Gasteiger partial charge on any atom is 0.129 e. The third kappa shape index (κ3) is 3.95. The zero-order chi connectivity index (χ0) is 14.5. The Morgan fingerprint density at radius 1 is 1.20 bits per heavy atom. The summed E-state index contributed by atoms with van der Waals surface area (Å²) in [6, 6.07) is 4.51. The highest BCUT2D eigenvalue weighted by Gasteiger charge is 2.23. The van der Waals surface area contributed by atoms with Gasteiger partial charge >= 0.3 is 0 Å². The Labute approximate surface area is 123 Å². The molecule has 0 radical (unpaired) electrons. The highest BCUT2D eigenvalue weighted by atomic mass is 15.2. The van der Waals surface area contributed by atoms with E-state index in [4.69, 9.17) is 4.98 Å². The molecule has 1 N–H and O–H groups in total. The van der Waals surface area contributed by atoms with Gasteiger partial charge in [-0.3, -0.25) is 0 Å². The van der Waals surface area contributed by atoms with Crippen LogP contribution in [0.25, 0.3) is 0 Å². The quantitative estimate of drug-likeness (QED) is 0.894. The number of nitrogens with one attached hydrogen (secondary N) is 1. The van der Waals surface area contributed by atoms with Crippen molar-refractivity contribution in [3.05, 3.63) is 23.4 Å². The molecule has 2 rings (SSSR count). The van der Waals surface area contributed by atoms with Crippen LogP contribution in [0.2, 0.25) is 0 Å². The smallest absolute Gasteiger partial charge is 0.129 e. The van der Waals surface area contributed by atoms with Gasteiger partial charge in [-0.15, -0.1) is 0 Å². The Balaban J connectivity index is 2.20. The molecule has 1 aliphatic rings. The summed E-state index contributed by atoms with van der Waals surface area (Å²) in [7, 11) is 0. The highest BCUT2D eigenvalue weighted by molar-refractivity contribution is 5.43. The van der Waals surface area contributed by atoms with Crippen molar-refractivity contribution in [1.29, 1.82) is 0 Å². The monoisotopic (exact) mass is 275 g/mol. The molecule has 0 aliphatic carbocycles. The number of hydrogen-bond donors (Lipinski definition) is 1. The fourth-order valence-corrected chi connectivity index (χ4v) is 3.20. The first-order valence-corrected chi connectivity index (χ1v) is 8.07. The van der Waals surface area contributed by atoms with E-state index in [2.05, 4.69) is 50.0 Å². The molecule has 1 aliphatic heterocycles. The van der Waals surface area contributed by atoms with Crippen LogP contribution >= 0.6 is 0 Å². The second kappa shape index (κ2) is 7.07. The van der Waals surface area contributed by atoms with Gasteiger partial charge in [-0.1, -0.05) is 27.7 Å². The van der Waals surface area contributed by atoms with Gasteiger partial charge < -0.3 is 10.2 Å². The standard InChI is InChI=1S/C17H29N3/c1-5-16-8-15(10-18-6-2)9-17(19-16)20-11-13(3)7-14(4)12-20/h8-9,13-14,18H,5-7,10-12H2,1-4H3. The van der Waals surface area contributed by atoms with Crippen molar-refractivity contribution in [3.63, 3.8) is 0 Å². The number of nitrogens with zero attached hydrogens (tertiary/aromatic N) is 2. The minimum atomic E-state index is 0.767. The van der Waals surface area contributed by atoms with Crippen LogP contribution in [0.4, 0.5) is 5.82 Å². The van der Waals surface area contributed by atoms with Crippen LogP contribution in [0.15, 0.2) is 12.1 Å². The molecule has 20 heavy (non-hydrogen) atoms. The van der Waals surface area contributed by atoms with Gasteiger partial charge in [0.05, 0.1) is 0 Å². The molecule has 1 aromatic heterocycles. The summed E-state index contributed by atoms with van der Waals surface area (Å²) in [6.07, 6.45) is 2.35. The van der Waals surface area contributed by atoms with E-state index in [1.54, 1.807) is 0 Å². The van der Waals surface area contributed by atoms with Crippen molar-refractivity contribution in [2.45, 2.75) is 47.1 Å². The normalized spacial score (nSPS) is 23.1. The van der Waals surface area contributed by atoms with Crippen LogP contribution in [0.5, 0.6) is 0 Å².